The Bertz CT molecular complexity index is 590. The number of rotatable bonds is 0. The first kappa shape index (κ1) is 17.6. The molecule has 20 heavy (non-hydrogen) atoms. The van der Waals surface area contributed by atoms with Gasteiger partial charge in [-0.1, -0.05) is 12.5 Å². The molecule has 2 aliphatic rings. The van der Waals surface area contributed by atoms with Crippen molar-refractivity contribution in [2.45, 2.75) is 45.6 Å². The summed E-state index contributed by atoms with van der Waals surface area (Å²) in [4.78, 5) is 18.6. The van der Waals surface area contributed by atoms with Crippen molar-refractivity contribution in [1.82, 2.24) is 9.97 Å². The molecule has 2 heterocycles. The Morgan fingerprint density at radius 1 is 1.45 bits per heavy atom. The van der Waals surface area contributed by atoms with E-state index in [0.29, 0.717) is 17.4 Å². The van der Waals surface area contributed by atoms with Crippen molar-refractivity contribution in [2.24, 2.45) is 5.92 Å². The van der Waals surface area contributed by atoms with Crippen LogP contribution in [0.3, 0.4) is 0 Å². The summed E-state index contributed by atoms with van der Waals surface area (Å²) in [5, 5.41) is 0. The van der Waals surface area contributed by atoms with Gasteiger partial charge in [-0.05, 0) is 50.2 Å². The average Bonchev–Trinajstić information content (AvgIpc) is 2.27. The molecule has 0 bridgehead atoms. The van der Waals surface area contributed by atoms with Gasteiger partial charge < -0.3 is 26.9 Å². The Kier molecular flexibility index (Phi) is 5.37. The normalized spacial score (nSPS) is 22.6. The van der Waals surface area contributed by atoms with Gasteiger partial charge in [0.25, 0.3) is 0 Å². The minimum absolute atomic E-state index is 0. The van der Waals surface area contributed by atoms with E-state index in [0.717, 1.165) is 24.8 Å². The van der Waals surface area contributed by atoms with Gasteiger partial charge in [0.15, 0.2) is 0 Å². The minimum Gasteiger partial charge on any atom is -0.525 e. The van der Waals surface area contributed by atoms with Crippen LogP contribution in [0.25, 0.3) is 5.57 Å². The number of allylic oxidation sites excluding steroid dienone is 1. The molecule has 1 unspecified atom stereocenters. The molecule has 1 aliphatic heterocycles. The van der Waals surface area contributed by atoms with Crippen LogP contribution in [0.15, 0.2) is 10.4 Å². The van der Waals surface area contributed by atoms with Crippen LogP contribution in [0.2, 0.25) is 0 Å². The molecule has 0 amide bonds. The zero-order valence-corrected chi connectivity index (χ0v) is 15.4. The van der Waals surface area contributed by atoms with Crippen molar-refractivity contribution in [3.8, 4) is 5.88 Å². The Balaban J connectivity index is 0.000001000. The minimum atomic E-state index is -0.364. The Hall–Kier alpha value is -0.476. The summed E-state index contributed by atoms with van der Waals surface area (Å²) in [6, 6.07) is 0. The maximum atomic E-state index is 12.0. The molecular weight excluding hydrogens is 329 g/mol. The zero-order valence-electron chi connectivity index (χ0n) is 12.5. The molecule has 1 atom stereocenters. The van der Waals surface area contributed by atoms with Crippen LogP contribution in [0.4, 0.5) is 0 Å². The molecule has 0 saturated carbocycles. The summed E-state index contributed by atoms with van der Waals surface area (Å²) in [6.45, 7) is 6.32. The third-order valence-corrected chi connectivity index (χ3v) is 3.95. The third kappa shape index (κ3) is 2.77. The van der Waals surface area contributed by atoms with Crippen LogP contribution in [-0.2, 0) is 32.7 Å². The van der Waals surface area contributed by atoms with Crippen LogP contribution in [0, 0.1) is 19.7 Å². The Morgan fingerprint density at radius 3 is 2.85 bits per heavy atom. The quantitative estimate of drug-likeness (QED) is 0.733. The number of fused-ring (bicyclic) bond motifs is 2. The monoisotopic (exact) mass is 349 g/mol. The standard InChI is InChI=1S/C14H17N2O2.CH3.Y/c1-8-4-5-10-9(6-8)11-12(17)15-7-16-13(11)18-14(10,2)3;;/h8H,4-6H2,1-3H3,(H,15,16,17);1H3;/q2*-1;. The molecule has 1 aromatic heterocycles. The van der Waals surface area contributed by atoms with Crippen LogP contribution >= 0.6 is 0 Å². The van der Waals surface area contributed by atoms with Crippen molar-refractivity contribution < 1.29 is 37.4 Å². The second-order valence-corrected chi connectivity index (χ2v) is 5.78. The maximum Gasteiger partial charge on any atom is 0.147 e. The summed E-state index contributed by atoms with van der Waals surface area (Å²) >= 11 is 0. The molecule has 0 saturated heterocycles. The van der Waals surface area contributed by atoms with Crippen molar-refractivity contribution in [3.63, 3.8) is 0 Å². The first-order valence-electron chi connectivity index (χ1n) is 6.41. The summed E-state index contributed by atoms with van der Waals surface area (Å²) in [5.74, 6) is 1.03. The molecular formula is C15H20N2O2Y-2. The fourth-order valence-corrected chi connectivity index (χ4v) is 3.02. The van der Waals surface area contributed by atoms with E-state index in [9.17, 15) is 4.79 Å². The van der Waals surface area contributed by atoms with Gasteiger partial charge in [0.2, 0.25) is 0 Å². The van der Waals surface area contributed by atoms with Crippen molar-refractivity contribution in [1.29, 1.82) is 0 Å². The summed E-state index contributed by atoms with van der Waals surface area (Å²) in [6.07, 6.45) is 5.59. The van der Waals surface area contributed by atoms with Crippen molar-refractivity contribution >= 4 is 5.57 Å². The second kappa shape index (κ2) is 6.11. The Labute approximate surface area is 145 Å². The van der Waals surface area contributed by atoms with Gasteiger partial charge in [-0.3, -0.25) is 0 Å². The van der Waals surface area contributed by atoms with Gasteiger partial charge in [0, 0.05) is 39.0 Å². The van der Waals surface area contributed by atoms with Gasteiger partial charge in [-0.2, -0.15) is 0 Å². The van der Waals surface area contributed by atoms with E-state index < -0.39 is 0 Å². The van der Waals surface area contributed by atoms with E-state index in [1.165, 1.54) is 5.57 Å². The second-order valence-electron chi connectivity index (χ2n) is 5.78. The molecule has 1 N–H and O–H groups in total. The van der Waals surface area contributed by atoms with E-state index in [-0.39, 0.29) is 51.3 Å². The predicted molar refractivity (Wildman–Crippen MR) is 74.7 cm³/mol. The first-order valence-corrected chi connectivity index (χ1v) is 6.41. The van der Waals surface area contributed by atoms with Crippen molar-refractivity contribution in [2.75, 3.05) is 0 Å². The molecule has 0 aromatic carbocycles. The summed E-state index contributed by atoms with van der Waals surface area (Å²) in [7, 11) is 0. The predicted octanol–water partition coefficient (Wildman–Crippen LogP) is 2.76. The number of nitrogens with one attached hydrogen (secondary N) is 1. The first-order chi connectivity index (χ1) is 8.49. The van der Waals surface area contributed by atoms with Crippen LogP contribution < -0.4 is 10.3 Å². The summed E-state index contributed by atoms with van der Waals surface area (Å²) in [5.41, 5.74) is 2.51. The van der Waals surface area contributed by atoms with Gasteiger partial charge in [-0.25, -0.2) is 0 Å². The molecule has 5 heteroatoms. The molecule has 1 aromatic rings. The average molecular weight is 349 g/mol. The van der Waals surface area contributed by atoms with Gasteiger partial charge >= 0.3 is 0 Å². The molecule has 4 nitrogen and oxygen atoms in total. The number of hydrogen-bond acceptors (Lipinski definition) is 3. The number of ether oxygens (including phenoxy) is 1. The van der Waals surface area contributed by atoms with Crippen LogP contribution in [0.5, 0.6) is 5.88 Å². The maximum absolute atomic E-state index is 12.0. The van der Waals surface area contributed by atoms with E-state index in [4.69, 9.17) is 4.74 Å². The fraction of sp³-hybridized carbons (Fsp3) is 0.533. The molecule has 3 rings (SSSR count). The van der Waals surface area contributed by atoms with E-state index in [1.54, 1.807) is 0 Å². The largest absolute Gasteiger partial charge is 0.525 e. The van der Waals surface area contributed by atoms with Gasteiger partial charge in [0.1, 0.15) is 17.0 Å². The number of hydrogen-bond donors (Lipinski definition) is 1. The SMILES string of the molecule is CC1CCC2=C(C1)c1c(n[c-][nH]c1=O)OC2(C)C.[CH3-].[Y]. The van der Waals surface area contributed by atoms with E-state index >= 15 is 0 Å². The van der Waals surface area contributed by atoms with E-state index in [2.05, 4.69) is 23.2 Å². The van der Waals surface area contributed by atoms with E-state index in [1.807, 2.05) is 13.8 Å². The number of H-pyrrole nitrogens is 1. The number of nitrogens with zero attached hydrogens (tertiary/aromatic N) is 1. The number of aromatic amines is 1. The topological polar surface area (TPSA) is 55.0 Å². The fourth-order valence-electron chi connectivity index (χ4n) is 3.02. The summed E-state index contributed by atoms with van der Waals surface area (Å²) < 4.78 is 5.88. The van der Waals surface area contributed by atoms with Crippen molar-refractivity contribution in [3.05, 3.63) is 35.2 Å². The molecule has 1 radical (unpaired) electrons. The molecule has 0 spiro atoms. The van der Waals surface area contributed by atoms with Gasteiger partial charge in [-0.15, -0.1) is 0 Å². The number of aromatic nitrogens is 2. The molecule has 0 fully saturated rings. The smallest absolute Gasteiger partial charge is 0.147 e. The third-order valence-electron chi connectivity index (χ3n) is 3.95. The Morgan fingerprint density at radius 2 is 2.15 bits per heavy atom. The van der Waals surface area contributed by atoms with Crippen LogP contribution in [0.1, 0.15) is 45.6 Å². The van der Waals surface area contributed by atoms with Gasteiger partial charge in [0.05, 0.1) is 0 Å². The molecule has 1 aliphatic carbocycles. The van der Waals surface area contributed by atoms with Crippen LogP contribution in [-0.4, -0.2) is 15.6 Å². The molecule has 107 valence electrons. The zero-order chi connectivity index (χ0) is 12.9.